The number of pyridine rings is 2. The Bertz CT molecular complexity index is 1780. The molecule has 216 valence electrons. The van der Waals surface area contributed by atoms with Gasteiger partial charge in [-0.2, -0.15) is 4.98 Å². The zero-order valence-electron chi connectivity index (χ0n) is 24.5. The summed E-state index contributed by atoms with van der Waals surface area (Å²) < 4.78 is 16.8. The number of piperazine rings is 1. The SMILES string of the molecule is C=CC(=O)N1CCN(c2nc(=O)n(-c3c(C)ccnc3C(C)C)c3nc(-c4ccccc4F)c(C4CC4)cc23)C(C)C1. The minimum absolute atomic E-state index is 0.0359. The van der Waals surface area contributed by atoms with E-state index >= 15 is 4.39 Å². The van der Waals surface area contributed by atoms with Crippen molar-refractivity contribution in [1.29, 1.82) is 0 Å². The van der Waals surface area contributed by atoms with Crippen LogP contribution in [0.1, 0.15) is 62.3 Å². The van der Waals surface area contributed by atoms with Gasteiger partial charge in [0.1, 0.15) is 11.6 Å². The van der Waals surface area contributed by atoms with Crippen LogP contribution in [-0.4, -0.2) is 56.0 Å². The predicted octanol–water partition coefficient (Wildman–Crippen LogP) is 5.51. The third-order valence-electron chi connectivity index (χ3n) is 8.33. The molecule has 1 aliphatic heterocycles. The molecule has 1 amide bonds. The van der Waals surface area contributed by atoms with Crippen molar-refractivity contribution in [3.8, 4) is 16.9 Å². The van der Waals surface area contributed by atoms with E-state index in [0.717, 1.165) is 35.0 Å². The van der Waals surface area contributed by atoms with Crippen LogP contribution >= 0.6 is 0 Å². The van der Waals surface area contributed by atoms with Gasteiger partial charge in [-0.05, 0) is 80.0 Å². The van der Waals surface area contributed by atoms with Crippen LogP contribution < -0.4 is 10.6 Å². The van der Waals surface area contributed by atoms with Crippen molar-refractivity contribution in [1.82, 2.24) is 24.4 Å². The van der Waals surface area contributed by atoms with Crippen molar-refractivity contribution in [2.24, 2.45) is 0 Å². The number of carbonyl (C=O) groups excluding carboxylic acids is 1. The number of halogens is 1. The molecule has 0 radical (unpaired) electrons. The molecule has 1 aliphatic carbocycles. The number of rotatable bonds is 6. The first-order valence-electron chi connectivity index (χ1n) is 14.6. The highest BCUT2D eigenvalue weighted by molar-refractivity contribution is 5.92. The van der Waals surface area contributed by atoms with Gasteiger partial charge < -0.3 is 9.80 Å². The zero-order valence-corrected chi connectivity index (χ0v) is 24.5. The molecule has 1 saturated heterocycles. The molecule has 8 nitrogen and oxygen atoms in total. The number of anilines is 1. The second kappa shape index (κ2) is 10.8. The predicted molar refractivity (Wildman–Crippen MR) is 163 cm³/mol. The summed E-state index contributed by atoms with van der Waals surface area (Å²) >= 11 is 0. The Labute approximate surface area is 244 Å². The highest BCUT2D eigenvalue weighted by Crippen LogP contribution is 2.46. The fourth-order valence-electron chi connectivity index (χ4n) is 6.03. The maximum absolute atomic E-state index is 15.3. The normalized spacial score (nSPS) is 17.2. The molecule has 0 bridgehead atoms. The van der Waals surface area contributed by atoms with Crippen LogP contribution in [-0.2, 0) is 4.79 Å². The number of benzene rings is 1. The lowest BCUT2D eigenvalue weighted by molar-refractivity contribution is -0.126. The maximum atomic E-state index is 15.3. The number of carbonyl (C=O) groups is 1. The highest BCUT2D eigenvalue weighted by atomic mass is 19.1. The van der Waals surface area contributed by atoms with Gasteiger partial charge in [0.2, 0.25) is 5.91 Å². The van der Waals surface area contributed by atoms with Crippen LogP contribution in [0.4, 0.5) is 10.2 Å². The Balaban J connectivity index is 1.66. The lowest BCUT2D eigenvalue weighted by Gasteiger charge is -2.40. The molecular formula is C33H35FN6O2. The van der Waals surface area contributed by atoms with Crippen molar-refractivity contribution < 1.29 is 9.18 Å². The first-order chi connectivity index (χ1) is 20.2. The van der Waals surface area contributed by atoms with Crippen LogP contribution in [0.5, 0.6) is 0 Å². The average molecular weight is 567 g/mol. The smallest absolute Gasteiger partial charge is 0.350 e. The number of amides is 1. The monoisotopic (exact) mass is 566 g/mol. The quantitative estimate of drug-likeness (QED) is 0.286. The van der Waals surface area contributed by atoms with Crippen LogP contribution in [0.25, 0.3) is 28.0 Å². The van der Waals surface area contributed by atoms with Crippen LogP contribution in [0.15, 0.2) is 60.0 Å². The van der Waals surface area contributed by atoms with E-state index < -0.39 is 5.69 Å². The van der Waals surface area contributed by atoms with Gasteiger partial charge in [-0.15, -0.1) is 0 Å². The van der Waals surface area contributed by atoms with Gasteiger partial charge in [-0.1, -0.05) is 32.6 Å². The Hall–Kier alpha value is -4.40. The van der Waals surface area contributed by atoms with Crippen LogP contribution in [0, 0.1) is 12.7 Å². The van der Waals surface area contributed by atoms with Crippen molar-refractivity contribution in [3.05, 3.63) is 88.4 Å². The Morgan fingerprint density at radius 2 is 1.90 bits per heavy atom. The molecule has 3 aromatic heterocycles. The fourth-order valence-corrected chi connectivity index (χ4v) is 6.03. The molecule has 1 atom stereocenters. The summed E-state index contributed by atoms with van der Waals surface area (Å²) in [6, 6.07) is 10.5. The largest absolute Gasteiger partial charge is 0.355 e. The van der Waals surface area contributed by atoms with Crippen molar-refractivity contribution in [3.63, 3.8) is 0 Å². The van der Waals surface area contributed by atoms with Gasteiger partial charge in [0, 0.05) is 37.4 Å². The molecule has 4 heterocycles. The van der Waals surface area contributed by atoms with E-state index in [1.165, 1.54) is 12.1 Å². The number of fused-ring (bicyclic) bond motifs is 1. The van der Waals surface area contributed by atoms with Crippen LogP contribution in [0.2, 0.25) is 0 Å². The number of hydrogen-bond donors (Lipinski definition) is 0. The molecule has 2 aliphatic rings. The topological polar surface area (TPSA) is 84.2 Å². The van der Waals surface area contributed by atoms with E-state index in [2.05, 4.69) is 22.5 Å². The lowest BCUT2D eigenvalue weighted by Crippen LogP contribution is -2.54. The Kier molecular flexibility index (Phi) is 7.12. The molecule has 1 aromatic carbocycles. The van der Waals surface area contributed by atoms with Gasteiger partial charge in [-0.25, -0.2) is 18.7 Å². The van der Waals surface area contributed by atoms with Gasteiger partial charge in [0.05, 0.1) is 22.5 Å². The molecule has 2 fully saturated rings. The first kappa shape index (κ1) is 27.8. The number of aromatic nitrogens is 4. The summed E-state index contributed by atoms with van der Waals surface area (Å²) in [6.07, 6.45) is 5.07. The van der Waals surface area contributed by atoms with Crippen molar-refractivity contribution in [2.75, 3.05) is 24.5 Å². The first-order valence-corrected chi connectivity index (χ1v) is 14.6. The third kappa shape index (κ3) is 4.76. The van der Waals surface area contributed by atoms with E-state index in [1.54, 1.807) is 33.9 Å². The average Bonchev–Trinajstić information content (AvgIpc) is 3.82. The summed E-state index contributed by atoms with van der Waals surface area (Å²) in [5, 5.41) is 0.727. The third-order valence-corrected chi connectivity index (χ3v) is 8.33. The summed E-state index contributed by atoms with van der Waals surface area (Å²) in [4.78, 5) is 44.8. The summed E-state index contributed by atoms with van der Waals surface area (Å²) in [6.45, 7) is 13.1. The standard InChI is InChI=1S/C33H35FN6O2/c1-6-27(41)38-15-16-39(21(5)18-38)31-25-17-24(22-11-12-22)29(23-9-7-8-10-26(23)34)36-32(25)40(33(42)37-31)30-20(4)13-14-35-28(30)19(2)3/h6-10,13-14,17,19,21-22H,1,11-12,15-16,18H2,2-5H3. The lowest BCUT2D eigenvalue weighted by atomic mass is 9.99. The Morgan fingerprint density at radius 3 is 2.57 bits per heavy atom. The molecule has 1 unspecified atom stereocenters. The van der Waals surface area contributed by atoms with Crippen LogP contribution in [0.3, 0.4) is 0 Å². The minimum atomic E-state index is -0.474. The number of nitrogens with zero attached hydrogens (tertiary/aromatic N) is 6. The van der Waals surface area contributed by atoms with Crippen molar-refractivity contribution in [2.45, 2.75) is 58.4 Å². The second-order valence-electron chi connectivity index (χ2n) is 11.7. The zero-order chi connectivity index (χ0) is 29.7. The molecule has 4 aromatic rings. The van der Waals surface area contributed by atoms with E-state index in [1.807, 2.05) is 33.8 Å². The Morgan fingerprint density at radius 1 is 1.14 bits per heavy atom. The summed E-state index contributed by atoms with van der Waals surface area (Å²) in [5.41, 5.74) is 4.16. The molecular weight excluding hydrogens is 531 g/mol. The summed E-state index contributed by atoms with van der Waals surface area (Å²) in [7, 11) is 0. The van der Waals surface area contributed by atoms with E-state index in [-0.39, 0.29) is 29.6 Å². The maximum Gasteiger partial charge on any atom is 0.355 e. The molecule has 9 heteroatoms. The van der Waals surface area contributed by atoms with Gasteiger partial charge in [0.25, 0.3) is 0 Å². The minimum Gasteiger partial charge on any atom is -0.350 e. The highest BCUT2D eigenvalue weighted by Gasteiger charge is 2.33. The number of aryl methyl sites for hydroxylation is 1. The van der Waals surface area contributed by atoms with E-state index in [4.69, 9.17) is 9.97 Å². The molecule has 42 heavy (non-hydrogen) atoms. The number of hydrogen-bond acceptors (Lipinski definition) is 6. The van der Waals surface area contributed by atoms with Gasteiger partial charge in [-0.3, -0.25) is 9.78 Å². The second-order valence-corrected chi connectivity index (χ2v) is 11.7. The van der Waals surface area contributed by atoms with E-state index in [9.17, 15) is 9.59 Å². The summed E-state index contributed by atoms with van der Waals surface area (Å²) in [5.74, 6) is 0.359. The molecule has 6 rings (SSSR count). The van der Waals surface area contributed by atoms with E-state index in [0.29, 0.717) is 48.0 Å². The molecule has 1 saturated carbocycles. The molecule has 0 N–H and O–H groups in total. The van der Waals surface area contributed by atoms with Gasteiger partial charge in [0.15, 0.2) is 5.65 Å². The van der Waals surface area contributed by atoms with Crippen molar-refractivity contribution >= 4 is 22.8 Å². The van der Waals surface area contributed by atoms with Gasteiger partial charge >= 0.3 is 5.69 Å². The molecule has 0 spiro atoms. The fraction of sp³-hybridized carbons (Fsp3) is 0.364.